The number of benzene rings is 5. The number of pyridine rings is 1. The number of aryl methyl sites for hydroxylation is 1. The van der Waals surface area contributed by atoms with Crippen molar-refractivity contribution in [3.63, 3.8) is 0 Å². The molecule has 1 aliphatic rings. The normalized spacial score (nSPS) is 14.1. The zero-order valence-corrected chi connectivity index (χ0v) is 28.2. The fourth-order valence-corrected chi connectivity index (χ4v) is 8.58. The van der Waals surface area contributed by atoms with Gasteiger partial charge in [0.1, 0.15) is 5.82 Å². The van der Waals surface area contributed by atoms with E-state index in [1.807, 2.05) is 22.8 Å². The Bertz CT molecular complexity index is 2280. The van der Waals surface area contributed by atoms with E-state index in [4.69, 9.17) is 4.11 Å². The summed E-state index contributed by atoms with van der Waals surface area (Å²) in [5.41, 5.74) is 6.66. The van der Waals surface area contributed by atoms with Crippen molar-refractivity contribution < 1.29 is 25.2 Å². The average Bonchev–Trinajstić information content (AvgIpc) is 3.65. The Balaban J connectivity index is 0.00000364. The van der Waals surface area contributed by atoms with Gasteiger partial charge in [0.2, 0.25) is 0 Å². The zero-order valence-electron chi connectivity index (χ0n) is 27.9. The smallest absolute Gasteiger partial charge is 0.345 e. The Kier molecular flexibility index (Phi) is 6.59. The molecule has 7 aromatic rings. The summed E-state index contributed by atoms with van der Waals surface area (Å²) in [6.07, 6.45) is 1.58. The molecule has 2 aromatic heterocycles. The van der Waals surface area contributed by atoms with Crippen molar-refractivity contribution in [1.29, 1.82) is 0 Å². The van der Waals surface area contributed by atoms with Gasteiger partial charge in [-0.2, -0.15) is 46.8 Å². The summed E-state index contributed by atoms with van der Waals surface area (Å²) in [7, 11) is -2.32. The van der Waals surface area contributed by atoms with Gasteiger partial charge in [0, 0.05) is 21.5 Å². The van der Waals surface area contributed by atoms with E-state index >= 15 is 0 Å². The van der Waals surface area contributed by atoms with Gasteiger partial charge in [-0.3, -0.25) is 0 Å². The molecular formula is C39H32N4PtSi. The molecule has 45 heavy (non-hydrogen) atoms. The first-order chi connectivity index (χ1) is 22.7. The van der Waals surface area contributed by atoms with E-state index < -0.39 is 14.9 Å². The Labute approximate surface area is 284 Å². The maximum absolute atomic E-state index is 7.99. The van der Waals surface area contributed by atoms with Crippen molar-refractivity contribution >= 4 is 63.0 Å². The molecule has 0 aliphatic carbocycles. The maximum atomic E-state index is 7.99. The molecule has 0 atom stereocenters. The standard InChI is InChI=1S/C39H32N4Si.Pt/c1-28-22-23-40-39(24-28)43-35-17-8-7-16-33(35)34-21-20-32(26-38(34)43)44(2,3)31-15-11-14-30(25-31)42-27-41(29-12-5-4-6-13-29)36-18-9-10-19-37(36)42;/h4-24H,27H2,1-3H3;/q-2;+2/i1D3;. The molecule has 0 saturated heterocycles. The van der Waals surface area contributed by atoms with Crippen LogP contribution < -0.4 is 20.2 Å². The van der Waals surface area contributed by atoms with Gasteiger partial charge < -0.3 is 14.4 Å². The minimum absolute atomic E-state index is 0. The van der Waals surface area contributed by atoms with Crippen molar-refractivity contribution in [2.24, 2.45) is 0 Å². The van der Waals surface area contributed by atoms with Crippen LogP contribution in [-0.4, -0.2) is 24.3 Å². The van der Waals surface area contributed by atoms with E-state index in [0.717, 1.165) is 44.1 Å². The van der Waals surface area contributed by atoms with Gasteiger partial charge in [-0.25, -0.2) is 4.98 Å². The quantitative estimate of drug-likeness (QED) is 0.130. The molecule has 0 radical (unpaired) electrons. The SMILES string of the molecule is [2H]C([2H])([2H])c1ccnc(-n2c3[c-]c([Si](C)(C)c4[c-]c(N5CN(c6ccccc6)c6ccccc65)ccc4)ccc3c3ccccc32)c1.[Pt+2]. The van der Waals surface area contributed by atoms with E-state index in [-0.39, 0.29) is 26.6 Å². The van der Waals surface area contributed by atoms with E-state index in [1.165, 1.54) is 10.9 Å². The van der Waals surface area contributed by atoms with E-state index in [2.05, 4.69) is 131 Å². The van der Waals surface area contributed by atoms with Crippen LogP contribution >= 0.6 is 0 Å². The van der Waals surface area contributed by atoms with Crippen molar-refractivity contribution in [2.45, 2.75) is 19.9 Å². The molecule has 0 amide bonds. The number of fused-ring (bicyclic) bond motifs is 4. The predicted octanol–water partition coefficient (Wildman–Crippen LogP) is 8.15. The van der Waals surface area contributed by atoms with Crippen molar-refractivity contribution in [2.75, 3.05) is 16.5 Å². The Morgan fingerprint density at radius 3 is 2.27 bits per heavy atom. The number of anilines is 4. The summed E-state index contributed by atoms with van der Waals surface area (Å²) in [6, 6.07) is 49.0. The monoisotopic (exact) mass is 782 g/mol. The molecule has 4 nitrogen and oxygen atoms in total. The molecule has 8 rings (SSSR count). The molecule has 5 aromatic carbocycles. The third kappa shape index (κ3) is 4.91. The number of hydrogen-bond acceptors (Lipinski definition) is 3. The molecule has 0 bridgehead atoms. The van der Waals surface area contributed by atoms with Crippen molar-refractivity contribution in [1.82, 2.24) is 9.55 Å². The van der Waals surface area contributed by atoms with Gasteiger partial charge in [0.25, 0.3) is 0 Å². The third-order valence-electron chi connectivity index (χ3n) is 8.79. The van der Waals surface area contributed by atoms with Crippen LogP contribution in [0.1, 0.15) is 9.68 Å². The topological polar surface area (TPSA) is 24.3 Å². The molecule has 0 N–H and O–H groups in total. The van der Waals surface area contributed by atoms with Crippen LogP contribution in [0.5, 0.6) is 0 Å². The molecule has 0 fully saturated rings. The summed E-state index contributed by atoms with van der Waals surface area (Å²) < 4.78 is 26.0. The summed E-state index contributed by atoms with van der Waals surface area (Å²) in [5, 5.41) is 4.46. The second-order valence-electron chi connectivity index (χ2n) is 11.8. The van der Waals surface area contributed by atoms with Crippen LogP contribution in [0.15, 0.2) is 128 Å². The van der Waals surface area contributed by atoms with Crippen LogP contribution in [0.2, 0.25) is 13.1 Å². The average molecular weight is 783 g/mol. The van der Waals surface area contributed by atoms with E-state index in [1.54, 1.807) is 18.3 Å². The van der Waals surface area contributed by atoms with E-state index in [0.29, 0.717) is 12.5 Å². The van der Waals surface area contributed by atoms with E-state index in [9.17, 15) is 0 Å². The minimum atomic E-state index is -2.32. The summed E-state index contributed by atoms with van der Waals surface area (Å²) in [5.74, 6) is 0.571. The summed E-state index contributed by atoms with van der Waals surface area (Å²) in [4.78, 5) is 9.32. The first kappa shape index (κ1) is 25.8. The Hall–Kier alpha value is -4.44. The van der Waals surface area contributed by atoms with Gasteiger partial charge in [-0.15, -0.1) is 11.5 Å². The summed E-state index contributed by atoms with van der Waals surface area (Å²) >= 11 is 0. The summed E-state index contributed by atoms with van der Waals surface area (Å²) in [6.45, 7) is 3.16. The first-order valence-corrected chi connectivity index (χ1v) is 17.8. The van der Waals surface area contributed by atoms with Gasteiger partial charge in [-0.1, -0.05) is 72.8 Å². The first-order valence-electron chi connectivity index (χ1n) is 16.3. The molecule has 0 spiro atoms. The number of hydrogen-bond donors (Lipinski definition) is 0. The number of rotatable bonds is 5. The van der Waals surface area contributed by atoms with Gasteiger partial charge in [0.05, 0.1) is 26.1 Å². The molecule has 0 saturated carbocycles. The van der Waals surface area contributed by atoms with Gasteiger partial charge >= 0.3 is 21.1 Å². The molecule has 222 valence electrons. The number of aromatic nitrogens is 2. The third-order valence-corrected chi connectivity index (χ3v) is 12.1. The van der Waals surface area contributed by atoms with Crippen LogP contribution in [0, 0.1) is 19.0 Å². The van der Waals surface area contributed by atoms with Crippen LogP contribution in [0.25, 0.3) is 27.6 Å². The van der Waals surface area contributed by atoms with Crippen LogP contribution in [0.4, 0.5) is 22.7 Å². The predicted molar refractivity (Wildman–Crippen MR) is 186 cm³/mol. The molecule has 0 unspecified atom stereocenters. The fourth-order valence-electron chi connectivity index (χ4n) is 6.41. The van der Waals surface area contributed by atoms with Gasteiger partial charge in [0.15, 0.2) is 0 Å². The van der Waals surface area contributed by atoms with Crippen LogP contribution in [-0.2, 0) is 21.1 Å². The molecule has 3 heterocycles. The van der Waals surface area contributed by atoms with Gasteiger partial charge in [-0.05, 0) is 60.3 Å². The molecular weight excluding hydrogens is 748 g/mol. The molecule has 1 aliphatic heterocycles. The molecule has 6 heteroatoms. The Morgan fingerprint density at radius 2 is 1.44 bits per heavy atom. The fraction of sp³-hybridized carbons (Fsp3) is 0.103. The number of para-hydroxylation sites is 4. The second kappa shape index (κ2) is 11.5. The van der Waals surface area contributed by atoms with Crippen LogP contribution in [0.3, 0.4) is 0 Å². The minimum Gasteiger partial charge on any atom is -0.345 e. The maximum Gasteiger partial charge on any atom is 2.00 e. The zero-order chi connectivity index (χ0) is 32.3. The Morgan fingerprint density at radius 1 is 0.711 bits per heavy atom. The second-order valence-corrected chi connectivity index (χ2v) is 16.1. The largest absolute Gasteiger partial charge is 2.00 e. The van der Waals surface area contributed by atoms with Crippen molar-refractivity contribution in [3.8, 4) is 5.82 Å². The number of nitrogens with zero attached hydrogens (tertiary/aromatic N) is 4. The van der Waals surface area contributed by atoms with Crippen molar-refractivity contribution in [3.05, 3.63) is 145 Å².